The summed E-state index contributed by atoms with van der Waals surface area (Å²) in [6, 6.07) is 9.45. The van der Waals surface area contributed by atoms with E-state index in [4.69, 9.17) is 18.9 Å². The van der Waals surface area contributed by atoms with Crippen molar-refractivity contribution in [2.75, 3.05) is 46.4 Å². The molecule has 0 saturated carbocycles. The first-order valence-electron chi connectivity index (χ1n) is 9.06. The van der Waals surface area contributed by atoms with E-state index in [9.17, 15) is 0 Å². The molecule has 0 aliphatic carbocycles. The SMILES string of the molecule is CCOc1ccc(NC(=NC)NCc2cccnc2OCCOC)cc1OC. The number of hydrogen-bond donors (Lipinski definition) is 2. The Hall–Kier alpha value is -3.00. The van der Waals surface area contributed by atoms with E-state index in [1.54, 1.807) is 27.5 Å². The number of aromatic nitrogens is 1. The van der Waals surface area contributed by atoms with Gasteiger partial charge in [0, 0.05) is 44.2 Å². The van der Waals surface area contributed by atoms with Crippen molar-refractivity contribution in [3.05, 3.63) is 42.1 Å². The lowest BCUT2D eigenvalue weighted by atomic mass is 10.2. The molecule has 0 aliphatic heterocycles. The van der Waals surface area contributed by atoms with Gasteiger partial charge in [0.15, 0.2) is 17.5 Å². The van der Waals surface area contributed by atoms with Crippen LogP contribution in [0.3, 0.4) is 0 Å². The quantitative estimate of drug-likeness (QED) is 0.368. The predicted molar refractivity (Wildman–Crippen MR) is 110 cm³/mol. The van der Waals surface area contributed by atoms with E-state index in [0.717, 1.165) is 11.3 Å². The average molecular weight is 388 g/mol. The Morgan fingerprint density at radius 3 is 2.68 bits per heavy atom. The number of guanidine groups is 1. The number of hydrogen-bond acceptors (Lipinski definition) is 6. The van der Waals surface area contributed by atoms with Crippen LogP contribution in [0.2, 0.25) is 0 Å². The summed E-state index contributed by atoms with van der Waals surface area (Å²) >= 11 is 0. The molecule has 0 radical (unpaired) electrons. The fourth-order valence-electron chi connectivity index (χ4n) is 2.43. The first-order chi connectivity index (χ1) is 13.7. The highest BCUT2D eigenvalue weighted by atomic mass is 16.5. The Morgan fingerprint density at radius 2 is 1.96 bits per heavy atom. The van der Waals surface area contributed by atoms with Gasteiger partial charge in [0.2, 0.25) is 5.88 Å². The molecular weight excluding hydrogens is 360 g/mol. The van der Waals surface area contributed by atoms with Gasteiger partial charge < -0.3 is 29.6 Å². The third kappa shape index (κ3) is 6.31. The summed E-state index contributed by atoms with van der Waals surface area (Å²) in [5.41, 5.74) is 1.75. The van der Waals surface area contributed by atoms with Crippen LogP contribution in [0, 0.1) is 0 Å². The molecule has 0 spiro atoms. The van der Waals surface area contributed by atoms with Gasteiger partial charge in [-0.05, 0) is 25.1 Å². The number of methoxy groups -OCH3 is 2. The van der Waals surface area contributed by atoms with Gasteiger partial charge >= 0.3 is 0 Å². The first kappa shape index (κ1) is 21.3. The zero-order valence-corrected chi connectivity index (χ0v) is 16.8. The van der Waals surface area contributed by atoms with Gasteiger partial charge in [-0.1, -0.05) is 6.07 Å². The van der Waals surface area contributed by atoms with Crippen molar-refractivity contribution in [3.63, 3.8) is 0 Å². The standard InChI is InChI=1S/C20H28N4O4/c1-5-27-17-9-8-16(13-18(17)26-4)24-20(21-2)23-14-15-7-6-10-22-19(15)28-12-11-25-3/h6-10,13H,5,11-12,14H2,1-4H3,(H2,21,23,24). The third-order valence-corrected chi connectivity index (χ3v) is 3.77. The van der Waals surface area contributed by atoms with Crippen molar-refractivity contribution >= 4 is 11.6 Å². The fraction of sp³-hybridized carbons (Fsp3) is 0.400. The van der Waals surface area contributed by atoms with E-state index < -0.39 is 0 Å². The zero-order valence-electron chi connectivity index (χ0n) is 16.8. The summed E-state index contributed by atoms with van der Waals surface area (Å²) in [4.78, 5) is 8.54. The van der Waals surface area contributed by atoms with Crippen LogP contribution in [0.15, 0.2) is 41.5 Å². The largest absolute Gasteiger partial charge is 0.493 e. The molecule has 1 aromatic heterocycles. The molecule has 2 rings (SSSR count). The molecule has 0 bridgehead atoms. The summed E-state index contributed by atoms with van der Waals surface area (Å²) < 4.78 is 21.6. The van der Waals surface area contributed by atoms with Gasteiger partial charge in [-0.15, -0.1) is 0 Å². The minimum atomic E-state index is 0.444. The maximum Gasteiger partial charge on any atom is 0.218 e. The monoisotopic (exact) mass is 388 g/mol. The smallest absolute Gasteiger partial charge is 0.218 e. The molecule has 8 heteroatoms. The number of anilines is 1. The van der Waals surface area contributed by atoms with Crippen LogP contribution in [0.1, 0.15) is 12.5 Å². The van der Waals surface area contributed by atoms with Crippen LogP contribution < -0.4 is 24.8 Å². The lowest BCUT2D eigenvalue weighted by molar-refractivity contribution is 0.143. The van der Waals surface area contributed by atoms with Gasteiger partial charge in [0.1, 0.15) is 6.61 Å². The lowest BCUT2D eigenvalue weighted by Gasteiger charge is -2.15. The number of pyridine rings is 1. The highest BCUT2D eigenvalue weighted by molar-refractivity contribution is 5.93. The van der Waals surface area contributed by atoms with Crippen molar-refractivity contribution in [1.82, 2.24) is 10.3 Å². The number of nitrogens with zero attached hydrogens (tertiary/aromatic N) is 2. The van der Waals surface area contributed by atoms with E-state index in [1.807, 2.05) is 37.3 Å². The molecule has 2 aromatic rings. The molecule has 1 heterocycles. The molecule has 0 aliphatic rings. The highest BCUT2D eigenvalue weighted by Crippen LogP contribution is 2.30. The van der Waals surface area contributed by atoms with Crippen LogP contribution in [0.25, 0.3) is 0 Å². The molecule has 152 valence electrons. The van der Waals surface area contributed by atoms with Gasteiger partial charge in [0.05, 0.1) is 20.3 Å². The van der Waals surface area contributed by atoms with Crippen molar-refractivity contribution in [2.24, 2.45) is 4.99 Å². The first-order valence-corrected chi connectivity index (χ1v) is 9.06. The molecule has 28 heavy (non-hydrogen) atoms. The average Bonchev–Trinajstić information content (AvgIpc) is 2.73. The molecule has 0 atom stereocenters. The molecule has 1 aromatic carbocycles. The van der Waals surface area contributed by atoms with Crippen LogP contribution in [0.5, 0.6) is 17.4 Å². The second-order valence-corrected chi connectivity index (χ2v) is 5.66. The van der Waals surface area contributed by atoms with E-state index >= 15 is 0 Å². The Bertz CT molecular complexity index is 768. The van der Waals surface area contributed by atoms with Gasteiger partial charge in [-0.3, -0.25) is 4.99 Å². The summed E-state index contributed by atoms with van der Waals surface area (Å²) in [5, 5.41) is 6.49. The Labute approximate surface area is 165 Å². The van der Waals surface area contributed by atoms with Crippen LogP contribution in [-0.2, 0) is 11.3 Å². The van der Waals surface area contributed by atoms with Crippen LogP contribution >= 0.6 is 0 Å². The van der Waals surface area contributed by atoms with E-state index in [0.29, 0.717) is 49.7 Å². The molecule has 0 unspecified atom stereocenters. The summed E-state index contributed by atoms with van der Waals surface area (Å²) in [6.07, 6.45) is 1.70. The number of benzene rings is 1. The topological polar surface area (TPSA) is 86.2 Å². The van der Waals surface area contributed by atoms with Gasteiger partial charge in [-0.25, -0.2) is 4.98 Å². The van der Waals surface area contributed by atoms with Crippen molar-refractivity contribution in [1.29, 1.82) is 0 Å². The normalized spacial score (nSPS) is 11.1. The van der Waals surface area contributed by atoms with E-state index in [2.05, 4.69) is 20.6 Å². The van der Waals surface area contributed by atoms with Crippen molar-refractivity contribution < 1.29 is 18.9 Å². The van der Waals surface area contributed by atoms with Gasteiger partial charge in [-0.2, -0.15) is 0 Å². The second kappa shape index (κ2) is 11.7. The highest BCUT2D eigenvalue weighted by Gasteiger charge is 2.09. The minimum absolute atomic E-state index is 0.444. The number of aliphatic imine (C=N–C) groups is 1. The third-order valence-electron chi connectivity index (χ3n) is 3.77. The predicted octanol–water partition coefficient (Wildman–Crippen LogP) is 2.70. The maximum atomic E-state index is 5.66. The number of ether oxygens (including phenoxy) is 4. The number of rotatable bonds is 10. The number of nitrogens with one attached hydrogen (secondary N) is 2. The molecular formula is C20H28N4O4. The Balaban J connectivity index is 2.00. The maximum absolute atomic E-state index is 5.66. The summed E-state index contributed by atoms with van der Waals surface area (Å²) in [5.74, 6) is 2.54. The lowest BCUT2D eigenvalue weighted by Crippen LogP contribution is -2.30. The molecule has 0 fully saturated rings. The van der Waals surface area contributed by atoms with Gasteiger partial charge in [0.25, 0.3) is 0 Å². The minimum Gasteiger partial charge on any atom is -0.493 e. The van der Waals surface area contributed by atoms with E-state index in [-0.39, 0.29) is 0 Å². The molecule has 2 N–H and O–H groups in total. The molecule has 0 amide bonds. The molecule has 8 nitrogen and oxygen atoms in total. The summed E-state index contributed by atoms with van der Waals surface area (Å²) in [6.45, 7) is 3.96. The van der Waals surface area contributed by atoms with Crippen LogP contribution in [-0.4, -0.2) is 52.0 Å². The fourth-order valence-corrected chi connectivity index (χ4v) is 2.43. The zero-order chi connectivity index (χ0) is 20.2. The van der Waals surface area contributed by atoms with Crippen LogP contribution in [0.4, 0.5) is 5.69 Å². The second-order valence-electron chi connectivity index (χ2n) is 5.66. The Morgan fingerprint density at radius 1 is 1.11 bits per heavy atom. The van der Waals surface area contributed by atoms with E-state index in [1.165, 1.54) is 0 Å². The Kier molecular flexibility index (Phi) is 8.87. The van der Waals surface area contributed by atoms with Crippen molar-refractivity contribution in [2.45, 2.75) is 13.5 Å². The molecule has 0 saturated heterocycles. The summed E-state index contributed by atoms with van der Waals surface area (Å²) in [7, 11) is 4.96. The van der Waals surface area contributed by atoms with Crippen molar-refractivity contribution in [3.8, 4) is 17.4 Å².